The van der Waals surface area contributed by atoms with Crippen molar-refractivity contribution in [2.75, 3.05) is 33.3 Å². The number of hydrogen-bond acceptors (Lipinski definition) is 4. The minimum absolute atomic E-state index is 0.0393. The van der Waals surface area contributed by atoms with Gasteiger partial charge in [-0.2, -0.15) is 0 Å². The summed E-state index contributed by atoms with van der Waals surface area (Å²) in [5.41, 5.74) is 1.18. The highest BCUT2D eigenvalue weighted by Gasteiger charge is 2.25. The Kier molecular flexibility index (Phi) is 5.16. The molecule has 1 fully saturated rings. The topological polar surface area (TPSA) is 70.7 Å². The van der Waals surface area contributed by atoms with Crippen LogP contribution in [0.1, 0.15) is 5.56 Å². The lowest BCUT2D eigenvalue weighted by Gasteiger charge is -2.27. The minimum Gasteiger partial charge on any atom is -0.492 e. The van der Waals surface area contributed by atoms with Gasteiger partial charge in [-0.25, -0.2) is 0 Å². The van der Waals surface area contributed by atoms with Gasteiger partial charge in [-0.1, -0.05) is 17.7 Å². The third kappa shape index (κ3) is 4.46. The van der Waals surface area contributed by atoms with Gasteiger partial charge in [0.2, 0.25) is 11.8 Å². The molecule has 0 spiro atoms. The number of rotatable bonds is 5. The zero-order valence-corrected chi connectivity index (χ0v) is 12.4. The van der Waals surface area contributed by atoms with Gasteiger partial charge in [-0.15, -0.1) is 0 Å². The molecule has 0 radical (unpaired) electrons. The van der Waals surface area contributed by atoms with Gasteiger partial charge >= 0.3 is 0 Å². The molecule has 1 aliphatic rings. The van der Waals surface area contributed by atoms with E-state index in [0.29, 0.717) is 19.7 Å². The fraction of sp³-hybridized carbons (Fsp3) is 0.467. The van der Waals surface area contributed by atoms with Crippen molar-refractivity contribution in [3.63, 3.8) is 0 Å². The zero-order chi connectivity index (χ0) is 15.2. The molecular formula is C15H21N3O3. The van der Waals surface area contributed by atoms with Crippen molar-refractivity contribution < 1.29 is 14.3 Å². The van der Waals surface area contributed by atoms with Crippen molar-refractivity contribution in [2.45, 2.75) is 13.0 Å². The highest BCUT2D eigenvalue weighted by molar-refractivity contribution is 5.86. The van der Waals surface area contributed by atoms with E-state index in [4.69, 9.17) is 4.74 Å². The smallest absolute Gasteiger partial charge is 0.241 e. The number of amides is 2. The first-order valence-corrected chi connectivity index (χ1v) is 7.01. The Hall–Kier alpha value is -2.08. The zero-order valence-electron chi connectivity index (χ0n) is 12.4. The van der Waals surface area contributed by atoms with Crippen molar-refractivity contribution in [2.24, 2.45) is 0 Å². The highest BCUT2D eigenvalue weighted by Crippen LogP contribution is 2.11. The predicted octanol–water partition coefficient (Wildman–Crippen LogP) is -0.0798. The third-order valence-corrected chi connectivity index (χ3v) is 3.40. The number of carbonyl (C=O) groups is 2. The predicted molar refractivity (Wildman–Crippen MR) is 79.1 cm³/mol. The second-order valence-corrected chi connectivity index (χ2v) is 5.16. The third-order valence-electron chi connectivity index (χ3n) is 3.40. The van der Waals surface area contributed by atoms with E-state index in [2.05, 4.69) is 10.6 Å². The molecular weight excluding hydrogens is 270 g/mol. The molecule has 21 heavy (non-hydrogen) atoms. The first kappa shape index (κ1) is 15.3. The van der Waals surface area contributed by atoms with E-state index in [-0.39, 0.29) is 24.4 Å². The molecule has 1 heterocycles. The number of hydrogen-bond donors (Lipinski definition) is 2. The Bertz CT molecular complexity index is 491. The van der Waals surface area contributed by atoms with Crippen molar-refractivity contribution in [3.05, 3.63) is 29.8 Å². The Morgan fingerprint density at radius 3 is 2.71 bits per heavy atom. The quantitative estimate of drug-likeness (QED) is 0.796. The largest absolute Gasteiger partial charge is 0.492 e. The Morgan fingerprint density at radius 2 is 2.10 bits per heavy atom. The van der Waals surface area contributed by atoms with Crippen LogP contribution in [0.5, 0.6) is 5.75 Å². The monoisotopic (exact) mass is 291 g/mol. The van der Waals surface area contributed by atoms with E-state index in [1.165, 1.54) is 5.56 Å². The summed E-state index contributed by atoms with van der Waals surface area (Å²) in [6.07, 6.45) is 0. The van der Waals surface area contributed by atoms with Gasteiger partial charge in [0.25, 0.3) is 0 Å². The van der Waals surface area contributed by atoms with Crippen LogP contribution in [0.15, 0.2) is 24.3 Å². The fourth-order valence-corrected chi connectivity index (χ4v) is 2.05. The normalized spacial score (nSPS) is 18.0. The summed E-state index contributed by atoms with van der Waals surface area (Å²) >= 11 is 0. The van der Waals surface area contributed by atoms with Gasteiger partial charge in [0, 0.05) is 13.6 Å². The second-order valence-electron chi connectivity index (χ2n) is 5.16. The molecule has 114 valence electrons. The van der Waals surface area contributed by atoms with Crippen molar-refractivity contribution in [1.82, 2.24) is 15.5 Å². The Labute approximate surface area is 124 Å². The summed E-state index contributed by atoms with van der Waals surface area (Å²) in [6.45, 7) is 3.47. The molecule has 1 unspecified atom stereocenters. The molecule has 1 aliphatic heterocycles. The number of nitrogens with one attached hydrogen (secondary N) is 2. The summed E-state index contributed by atoms with van der Waals surface area (Å²) in [4.78, 5) is 24.8. The molecule has 2 rings (SSSR count). The van der Waals surface area contributed by atoms with Crippen LogP contribution in [0, 0.1) is 6.92 Å². The van der Waals surface area contributed by atoms with Crippen molar-refractivity contribution in [3.8, 4) is 5.75 Å². The average Bonchev–Trinajstić information content (AvgIpc) is 2.49. The SMILES string of the molecule is Cc1ccc(OCCN(C)C(=O)C2CNC(=O)CN2)cc1. The van der Waals surface area contributed by atoms with Gasteiger partial charge in [0.05, 0.1) is 13.1 Å². The van der Waals surface area contributed by atoms with E-state index >= 15 is 0 Å². The standard InChI is InChI=1S/C15H21N3O3/c1-11-3-5-12(6-4-11)21-8-7-18(2)15(20)13-9-17-14(19)10-16-13/h3-6,13,16H,7-10H2,1-2H3,(H,17,19). The summed E-state index contributed by atoms with van der Waals surface area (Å²) in [5, 5.41) is 5.59. The molecule has 1 atom stereocenters. The molecule has 6 nitrogen and oxygen atoms in total. The number of nitrogens with zero attached hydrogens (tertiary/aromatic N) is 1. The van der Waals surface area contributed by atoms with Gasteiger partial charge in [0.1, 0.15) is 18.4 Å². The van der Waals surface area contributed by atoms with Crippen LogP contribution < -0.4 is 15.4 Å². The van der Waals surface area contributed by atoms with Crippen molar-refractivity contribution in [1.29, 1.82) is 0 Å². The van der Waals surface area contributed by atoms with Gasteiger partial charge in [-0.3, -0.25) is 14.9 Å². The first-order valence-electron chi connectivity index (χ1n) is 7.01. The van der Waals surface area contributed by atoms with Gasteiger partial charge in [0.15, 0.2) is 0 Å². The molecule has 6 heteroatoms. The van der Waals surface area contributed by atoms with Crippen LogP contribution in [0.2, 0.25) is 0 Å². The lowest BCUT2D eigenvalue weighted by atomic mass is 10.2. The van der Waals surface area contributed by atoms with Crippen LogP contribution in [0.25, 0.3) is 0 Å². The van der Waals surface area contributed by atoms with Crippen LogP contribution in [0.3, 0.4) is 0 Å². The number of carbonyl (C=O) groups excluding carboxylic acids is 2. The maximum Gasteiger partial charge on any atom is 0.241 e. The van der Waals surface area contributed by atoms with Gasteiger partial charge in [-0.05, 0) is 19.1 Å². The van der Waals surface area contributed by atoms with Gasteiger partial charge < -0.3 is 15.0 Å². The lowest BCUT2D eigenvalue weighted by molar-refractivity contribution is -0.134. The number of aryl methyl sites for hydroxylation is 1. The molecule has 0 saturated carbocycles. The van der Waals surface area contributed by atoms with Crippen LogP contribution in [-0.2, 0) is 9.59 Å². The van der Waals surface area contributed by atoms with E-state index < -0.39 is 0 Å². The molecule has 2 amide bonds. The number of benzene rings is 1. The second kappa shape index (κ2) is 7.08. The summed E-state index contributed by atoms with van der Waals surface area (Å²) in [6, 6.07) is 7.44. The molecule has 0 aromatic heterocycles. The molecule has 1 aromatic carbocycles. The Balaban J connectivity index is 1.73. The van der Waals surface area contributed by atoms with E-state index in [1.807, 2.05) is 31.2 Å². The number of piperazine rings is 1. The van der Waals surface area contributed by atoms with Crippen molar-refractivity contribution >= 4 is 11.8 Å². The van der Waals surface area contributed by atoms with Crippen LogP contribution >= 0.6 is 0 Å². The average molecular weight is 291 g/mol. The molecule has 1 saturated heterocycles. The lowest BCUT2D eigenvalue weighted by Crippen LogP contribution is -2.58. The minimum atomic E-state index is -0.355. The maximum absolute atomic E-state index is 12.1. The van der Waals surface area contributed by atoms with Crippen LogP contribution in [-0.4, -0.2) is 56.0 Å². The molecule has 2 N–H and O–H groups in total. The number of ether oxygens (including phenoxy) is 1. The molecule has 0 bridgehead atoms. The summed E-state index contributed by atoms with van der Waals surface area (Å²) < 4.78 is 5.60. The summed E-state index contributed by atoms with van der Waals surface area (Å²) in [7, 11) is 1.74. The summed E-state index contributed by atoms with van der Waals surface area (Å²) in [5.74, 6) is 0.677. The highest BCUT2D eigenvalue weighted by atomic mass is 16.5. The van der Waals surface area contributed by atoms with E-state index in [1.54, 1.807) is 11.9 Å². The number of likely N-dealkylation sites (N-methyl/N-ethyl adjacent to an activating group) is 1. The van der Waals surface area contributed by atoms with Crippen LogP contribution in [0.4, 0.5) is 0 Å². The Morgan fingerprint density at radius 1 is 1.38 bits per heavy atom. The molecule has 1 aromatic rings. The maximum atomic E-state index is 12.1. The van der Waals surface area contributed by atoms with E-state index in [0.717, 1.165) is 5.75 Å². The molecule has 0 aliphatic carbocycles. The fourth-order valence-electron chi connectivity index (χ4n) is 2.05. The first-order chi connectivity index (χ1) is 10.1. The van der Waals surface area contributed by atoms with E-state index in [9.17, 15) is 9.59 Å².